The normalized spacial score (nSPS) is 12.3. The lowest BCUT2D eigenvalue weighted by Crippen LogP contribution is -2.14. The average molecular weight is 300 g/mol. The molecule has 0 saturated carbocycles. The Morgan fingerprint density at radius 3 is 2.57 bits per heavy atom. The van der Waals surface area contributed by atoms with Crippen molar-refractivity contribution in [2.45, 2.75) is 38.9 Å². The molecule has 2 aromatic rings. The van der Waals surface area contributed by atoms with Gasteiger partial charge in [0.1, 0.15) is 11.3 Å². The molecule has 0 amide bonds. The Morgan fingerprint density at radius 2 is 2.05 bits per heavy atom. The molecule has 0 atom stereocenters. The number of benzene rings is 1. The molecule has 4 nitrogen and oxygen atoms in total. The molecule has 1 N–H and O–H groups in total. The van der Waals surface area contributed by atoms with E-state index in [0.717, 1.165) is 0 Å². The highest BCUT2D eigenvalue weighted by Crippen LogP contribution is 2.27. The number of aromatic carboxylic acids is 1. The van der Waals surface area contributed by atoms with Crippen LogP contribution in [0.25, 0.3) is 11.0 Å². The first-order valence-corrected chi connectivity index (χ1v) is 6.50. The highest BCUT2D eigenvalue weighted by Gasteiger charge is 2.28. The smallest absolute Gasteiger partial charge is 0.390 e. The van der Waals surface area contributed by atoms with Crippen molar-refractivity contribution >= 4 is 17.0 Å². The van der Waals surface area contributed by atoms with Crippen molar-refractivity contribution in [3.8, 4) is 0 Å². The summed E-state index contributed by atoms with van der Waals surface area (Å²) in [7, 11) is 0. The number of aryl methyl sites for hydroxylation is 1. The summed E-state index contributed by atoms with van der Waals surface area (Å²) in [5.74, 6) is -0.786. The summed E-state index contributed by atoms with van der Waals surface area (Å²) in [4.78, 5) is 15.4. The van der Waals surface area contributed by atoms with Crippen molar-refractivity contribution in [2.24, 2.45) is 0 Å². The fraction of sp³-hybridized carbons (Fsp3) is 0.429. The van der Waals surface area contributed by atoms with E-state index in [0.29, 0.717) is 11.3 Å². The molecular formula is C14H15F3N2O2. The lowest BCUT2D eigenvalue weighted by molar-refractivity contribution is -0.136. The second-order valence-electron chi connectivity index (χ2n) is 5.12. The van der Waals surface area contributed by atoms with Gasteiger partial charge in [0.05, 0.1) is 17.5 Å². The highest BCUT2D eigenvalue weighted by atomic mass is 19.4. The molecule has 0 unspecified atom stereocenters. The van der Waals surface area contributed by atoms with Crippen molar-refractivity contribution in [1.29, 1.82) is 0 Å². The first-order chi connectivity index (χ1) is 9.70. The maximum Gasteiger partial charge on any atom is 0.390 e. The number of nitrogens with zero attached hydrogens (tertiary/aromatic N) is 2. The Kier molecular flexibility index (Phi) is 3.93. The number of hydrogen-bond donors (Lipinski definition) is 1. The molecule has 0 spiro atoms. The minimum absolute atomic E-state index is 0.000147. The third-order valence-electron chi connectivity index (χ3n) is 3.17. The number of carbonyl (C=O) groups is 1. The summed E-state index contributed by atoms with van der Waals surface area (Å²) in [6.07, 6.45) is -5.25. The quantitative estimate of drug-likeness (QED) is 0.934. The Balaban J connectivity index is 2.58. The van der Waals surface area contributed by atoms with Crippen LogP contribution in [0.3, 0.4) is 0 Å². The minimum atomic E-state index is -4.27. The van der Waals surface area contributed by atoms with E-state index in [1.165, 1.54) is 16.7 Å². The number of para-hydroxylation sites is 1. The van der Waals surface area contributed by atoms with Crippen LogP contribution >= 0.6 is 0 Å². The van der Waals surface area contributed by atoms with Gasteiger partial charge >= 0.3 is 12.1 Å². The van der Waals surface area contributed by atoms with E-state index >= 15 is 0 Å². The molecular weight excluding hydrogens is 285 g/mol. The number of alkyl halides is 3. The molecule has 2 rings (SSSR count). The van der Waals surface area contributed by atoms with Gasteiger partial charge < -0.3 is 9.67 Å². The molecule has 0 radical (unpaired) electrons. The van der Waals surface area contributed by atoms with Crippen molar-refractivity contribution in [2.75, 3.05) is 0 Å². The molecule has 0 fully saturated rings. The first-order valence-electron chi connectivity index (χ1n) is 6.50. The number of carboxylic acid groups (broad SMARTS) is 1. The van der Waals surface area contributed by atoms with Crippen molar-refractivity contribution in [3.05, 3.63) is 29.6 Å². The van der Waals surface area contributed by atoms with E-state index in [1.807, 2.05) is 13.8 Å². The summed E-state index contributed by atoms with van der Waals surface area (Å²) < 4.78 is 38.8. The zero-order chi connectivity index (χ0) is 15.8. The SMILES string of the molecule is CC(C)c1nc2c(C(=O)O)cccc2n1CCC(F)(F)F. The lowest BCUT2D eigenvalue weighted by Gasteiger charge is -2.12. The predicted molar refractivity (Wildman–Crippen MR) is 71.5 cm³/mol. The maximum absolute atomic E-state index is 12.5. The zero-order valence-electron chi connectivity index (χ0n) is 11.6. The Hall–Kier alpha value is -2.05. The van der Waals surface area contributed by atoms with Crippen LogP contribution in [-0.4, -0.2) is 26.8 Å². The van der Waals surface area contributed by atoms with Gasteiger partial charge in [-0.15, -0.1) is 0 Å². The second-order valence-corrected chi connectivity index (χ2v) is 5.12. The van der Waals surface area contributed by atoms with Crippen LogP contribution in [0.4, 0.5) is 13.2 Å². The molecule has 0 saturated heterocycles. The average Bonchev–Trinajstić information content (AvgIpc) is 2.73. The maximum atomic E-state index is 12.5. The molecule has 0 aliphatic heterocycles. The van der Waals surface area contributed by atoms with Crippen LogP contribution in [0.5, 0.6) is 0 Å². The molecule has 21 heavy (non-hydrogen) atoms. The first kappa shape index (κ1) is 15.3. The van der Waals surface area contributed by atoms with E-state index in [2.05, 4.69) is 4.98 Å². The fourth-order valence-corrected chi connectivity index (χ4v) is 2.25. The summed E-state index contributed by atoms with van der Waals surface area (Å²) in [5.41, 5.74) is 0.652. The number of aromatic nitrogens is 2. The molecule has 7 heteroatoms. The standard InChI is InChI=1S/C14H15F3N2O2/c1-8(2)12-18-11-9(13(20)21)4-3-5-10(11)19(12)7-6-14(15,16)17/h3-5,8H,6-7H2,1-2H3,(H,20,21). The van der Waals surface area contributed by atoms with Gasteiger partial charge in [-0.3, -0.25) is 0 Å². The summed E-state index contributed by atoms with van der Waals surface area (Å²) in [6.45, 7) is 3.36. The third-order valence-corrected chi connectivity index (χ3v) is 3.17. The lowest BCUT2D eigenvalue weighted by atomic mass is 10.2. The van der Waals surface area contributed by atoms with Crippen LogP contribution in [0.1, 0.15) is 42.4 Å². The van der Waals surface area contributed by atoms with E-state index in [9.17, 15) is 18.0 Å². The van der Waals surface area contributed by atoms with E-state index in [1.54, 1.807) is 6.07 Å². The van der Waals surface area contributed by atoms with E-state index in [-0.39, 0.29) is 23.5 Å². The van der Waals surface area contributed by atoms with Crippen LogP contribution in [-0.2, 0) is 6.54 Å². The Bertz CT molecular complexity index is 675. The molecule has 1 heterocycles. The second kappa shape index (κ2) is 5.38. The summed E-state index contributed by atoms with van der Waals surface area (Å²) in [5, 5.41) is 9.15. The van der Waals surface area contributed by atoms with Gasteiger partial charge in [-0.1, -0.05) is 19.9 Å². The number of fused-ring (bicyclic) bond motifs is 1. The largest absolute Gasteiger partial charge is 0.478 e. The van der Waals surface area contributed by atoms with Crippen molar-refractivity contribution in [3.63, 3.8) is 0 Å². The minimum Gasteiger partial charge on any atom is -0.478 e. The highest BCUT2D eigenvalue weighted by molar-refractivity contribution is 6.01. The molecule has 114 valence electrons. The van der Waals surface area contributed by atoms with E-state index in [4.69, 9.17) is 5.11 Å². The van der Waals surface area contributed by atoms with Gasteiger partial charge in [0, 0.05) is 12.5 Å². The fourth-order valence-electron chi connectivity index (χ4n) is 2.25. The monoisotopic (exact) mass is 300 g/mol. The van der Waals surface area contributed by atoms with Crippen molar-refractivity contribution in [1.82, 2.24) is 9.55 Å². The molecule has 0 aliphatic carbocycles. The number of imidazole rings is 1. The topological polar surface area (TPSA) is 55.1 Å². The molecule has 1 aromatic carbocycles. The summed E-state index contributed by atoms with van der Waals surface area (Å²) >= 11 is 0. The Morgan fingerprint density at radius 1 is 1.38 bits per heavy atom. The van der Waals surface area contributed by atoms with Gasteiger partial charge in [0.25, 0.3) is 0 Å². The van der Waals surface area contributed by atoms with Gasteiger partial charge in [-0.2, -0.15) is 13.2 Å². The van der Waals surface area contributed by atoms with Crippen LogP contribution in [0, 0.1) is 0 Å². The van der Waals surface area contributed by atoms with Gasteiger partial charge in [-0.25, -0.2) is 9.78 Å². The van der Waals surface area contributed by atoms with Crippen LogP contribution < -0.4 is 0 Å². The molecule has 1 aromatic heterocycles. The van der Waals surface area contributed by atoms with Crippen molar-refractivity contribution < 1.29 is 23.1 Å². The van der Waals surface area contributed by atoms with Gasteiger partial charge in [0.15, 0.2) is 0 Å². The van der Waals surface area contributed by atoms with Gasteiger partial charge in [-0.05, 0) is 12.1 Å². The third kappa shape index (κ3) is 3.17. The number of halogens is 3. The van der Waals surface area contributed by atoms with Crippen LogP contribution in [0.2, 0.25) is 0 Å². The number of carboxylic acids is 1. The molecule has 0 bridgehead atoms. The zero-order valence-corrected chi connectivity index (χ0v) is 11.6. The van der Waals surface area contributed by atoms with E-state index < -0.39 is 18.6 Å². The Labute approximate surface area is 119 Å². The number of rotatable bonds is 4. The number of hydrogen-bond acceptors (Lipinski definition) is 2. The summed E-state index contributed by atoms with van der Waals surface area (Å²) in [6, 6.07) is 4.51. The predicted octanol–water partition coefficient (Wildman–Crippen LogP) is 3.81. The molecule has 0 aliphatic rings. The van der Waals surface area contributed by atoms with Gasteiger partial charge in [0.2, 0.25) is 0 Å². The van der Waals surface area contributed by atoms with Crippen LogP contribution in [0.15, 0.2) is 18.2 Å².